The van der Waals surface area contributed by atoms with Crippen molar-refractivity contribution < 1.29 is 32.6 Å². The molecular formula is C30H27F3N6O4. The van der Waals surface area contributed by atoms with Crippen LogP contribution in [0, 0.1) is 0 Å². The summed E-state index contributed by atoms with van der Waals surface area (Å²) in [5, 5.41) is 15.7. The third-order valence-corrected chi connectivity index (χ3v) is 7.55. The largest absolute Gasteiger partial charge is 0.478 e. The molecule has 0 unspecified atom stereocenters. The zero-order chi connectivity index (χ0) is 30.1. The number of hydrogen-bond donors (Lipinski definition) is 3. The Balaban J connectivity index is 1.29. The molecule has 3 N–H and O–H groups in total. The Labute approximate surface area is 244 Å². The SMILES string of the molecule is O=C(O)c1cnc(OC[C@@H]2CNCCN2C(=O)c2ncn(-c3ccc4c(c3)NCC4)c2-c2ccccc2)cc1C(F)(F)F. The maximum absolute atomic E-state index is 14.1. The number of ether oxygens (including phenoxy) is 1. The quantitative estimate of drug-likeness (QED) is 0.293. The number of rotatable bonds is 7. The Morgan fingerprint density at radius 1 is 1.07 bits per heavy atom. The van der Waals surface area contributed by atoms with Crippen molar-refractivity contribution in [3.8, 4) is 22.8 Å². The van der Waals surface area contributed by atoms with Crippen molar-refractivity contribution in [3.63, 3.8) is 0 Å². The highest BCUT2D eigenvalue weighted by Crippen LogP contribution is 2.34. The summed E-state index contributed by atoms with van der Waals surface area (Å²) in [5.41, 5.74) is 2.41. The number of anilines is 1. The average Bonchev–Trinajstić information content (AvgIpc) is 3.67. The van der Waals surface area contributed by atoms with E-state index in [-0.39, 0.29) is 18.2 Å². The summed E-state index contributed by atoms with van der Waals surface area (Å²) in [6.45, 7) is 1.83. The normalized spacial score (nSPS) is 16.4. The summed E-state index contributed by atoms with van der Waals surface area (Å²) in [6, 6.07) is 15.5. The first-order valence-electron chi connectivity index (χ1n) is 13.7. The minimum absolute atomic E-state index is 0.173. The second-order valence-electron chi connectivity index (χ2n) is 10.2. The minimum atomic E-state index is -4.91. The molecule has 43 heavy (non-hydrogen) atoms. The lowest BCUT2D eigenvalue weighted by atomic mass is 10.1. The molecule has 4 heterocycles. The number of carboxylic acid groups (broad SMARTS) is 1. The van der Waals surface area contributed by atoms with Gasteiger partial charge >= 0.3 is 12.1 Å². The predicted molar refractivity (Wildman–Crippen MR) is 151 cm³/mol. The van der Waals surface area contributed by atoms with Crippen LogP contribution in [0.1, 0.15) is 32.0 Å². The molecule has 1 fully saturated rings. The standard InChI is InChI=1S/C30H27F3N6O4/c31-30(32,33)23-13-25(36-15-22(23)29(41)42)43-16-21-14-34-10-11-38(21)28(40)26-27(19-4-2-1-3-5-19)39(17-37-26)20-7-6-18-8-9-35-24(18)12-20/h1-7,12-13,15,17,21,34-35H,8-11,14,16H2,(H,41,42)/t21-/m0/s1. The lowest BCUT2D eigenvalue weighted by molar-refractivity contribution is -0.138. The number of aromatic carboxylic acids is 1. The first kappa shape index (κ1) is 28.2. The Kier molecular flexibility index (Phi) is 7.48. The average molecular weight is 593 g/mol. The number of halogens is 3. The Morgan fingerprint density at radius 3 is 2.65 bits per heavy atom. The van der Waals surface area contributed by atoms with E-state index < -0.39 is 35.2 Å². The second-order valence-corrected chi connectivity index (χ2v) is 10.2. The third-order valence-electron chi connectivity index (χ3n) is 7.55. The van der Waals surface area contributed by atoms with Gasteiger partial charge in [0.1, 0.15) is 12.9 Å². The number of fused-ring (bicyclic) bond motifs is 1. The number of imidazole rings is 1. The fraction of sp³-hybridized carbons (Fsp3) is 0.267. The van der Waals surface area contributed by atoms with Crippen LogP contribution in [0.3, 0.4) is 0 Å². The number of carbonyl (C=O) groups excluding carboxylic acids is 1. The topological polar surface area (TPSA) is 122 Å². The highest BCUT2D eigenvalue weighted by Gasteiger charge is 2.37. The number of carboxylic acids is 1. The number of benzene rings is 2. The Bertz CT molecular complexity index is 1670. The Hall–Kier alpha value is -4.91. The number of aromatic nitrogens is 3. The second kappa shape index (κ2) is 11.4. The molecule has 0 spiro atoms. The summed E-state index contributed by atoms with van der Waals surface area (Å²) >= 11 is 0. The zero-order valence-electron chi connectivity index (χ0n) is 22.8. The van der Waals surface area contributed by atoms with E-state index in [1.165, 1.54) is 5.56 Å². The molecule has 0 saturated carbocycles. The zero-order valence-corrected chi connectivity index (χ0v) is 22.8. The molecule has 0 aliphatic carbocycles. The van der Waals surface area contributed by atoms with Gasteiger partial charge in [0.25, 0.3) is 5.91 Å². The fourth-order valence-electron chi connectivity index (χ4n) is 5.42. The van der Waals surface area contributed by atoms with Crippen LogP contribution in [0.15, 0.2) is 67.1 Å². The van der Waals surface area contributed by atoms with Crippen molar-refractivity contribution in [1.82, 2.24) is 24.8 Å². The molecule has 2 aliphatic rings. The van der Waals surface area contributed by atoms with Gasteiger partial charge in [0, 0.05) is 55.4 Å². The highest BCUT2D eigenvalue weighted by atomic mass is 19.4. The van der Waals surface area contributed by atoms with E-state index in [2.05, 4.69) is 26.7 Å². The predicted octanol–water partition coefficient (Wildman–Crippen LogP) is 4.11. The molecular weight excluding hydrogens is 565 g/mol. The van der Waals surface area contributed by atoms with Crippen molar-refractivity contribution in [2.45, 2.75) is 18.6 Å². The molecule has 1 saturated heterocycles. The van der Waals surface area contributed by atoms with Crippen LogP contribution < -0.4 is 15.4 Å². The van der Waals surface area contributed by atoms with Crippen LogP contribution >= 0.6 is 0 Å². The molecule has 10 nitrogen and oxygen atoms in total. The van der Waals surface area contributed by atoms with Gasteiger partial charge in [0.05, 0.1) is 22.9 Å². The van der Waals surface area contributed by atoms with Crippen molar-refractivity contribution >= 4 is 17.6 Å². The molecule has 1 amide bonds. The Morgan fingerprint density at radius 2 is 1.88 bits per heavy atom. The summed E-state index contributed by atoms with van der Waals surface area (Å²) in [4.78, 5) is 35.2. The first-order chi connectivity index (χ1) is 20.7. The van der Waals surface area contributed by atoms with Crippen LogP contribution in [-0.2, 0) is 12.6 Å². The number of nitrogens with one attached hydrogen (secondary N) is 2. The van der Waals surface area contributed by atoms with Gasteiger partial charge in [0.2, 0.25) is 5.88 Å². The lowest BCUT2D eigenvalue weighted by Crippen LogP contribution is -2.56. The van der Waals surface area contributed by atoms with Crippen molar-refractivity contribution in [2.24, 2.45) is 0 Å². The summed E-state index contributed by atoms with van der Waals surface area (Å²) in [7, 11) is 0. The number of piperazine rings is 1. The summed E-state index contributed by atoms with van der Waals surface area (Å²) in [5.74, 6) is -2.49. The van der Waals surface area contributed by atoms with E-state index in [9.17, 15) is 22.8 Å². The maximum Gasteiger partial charge on any atom is 0.417 e. The number of hydrogen-bond acceptors (Lipinski definition) is 7. The molecule has 13 heteroatoms. The molecule has 0 radical (unpaired) electrons. The number of pyridine rings is 1. The van der Waals surface area contributed by atoms with Gasteiger partial charge in [0.15, 0.2) is 5.69 Å². The van der Waals surface area contributed by atoms with Crippen LogP contribution in [0.5, 0.6) is 5.88 Å². The molecule has 2 aromatic carbocycles. The lowest BCUT2D eigenvalue weighted by Gasteiger charge is -2.35. The van der Waals surface area contributed by atoms with Gasteiger partial charge in [-0.25, -0.2) is 14.8 Å². The molecule has 0 bridgehead atoms. The van der Waals surface area contributed by atoms with Crippen LogP contribution in [0.25, 0.3) is 16.9 Å². The van der Waals surface area contributed by atoms with Gasteiger partial charge in [-0.1, -0.05) is 36.4 Å². The van der Waals surface area contributed by atoms with E-state index in [0.29, 0.717) is 37.6 Å². The van der Waals surface area contributed by atoms with Crippen LogP contribution in [0.2, 0.25) is 0 Å². The van der Waals surface area contributed by atoms with Gasteiger partial charge in [-0.15, -0.1) is 0 Å². The minimum Gasteiger partial charge on any atom is -0.478 e. The van der Waals surface area contributed by atoms with Crippen LogP contribution in [-0.4, -0.2) is 75.2 Å². The molecule has 1 atom stereocenters. The smallest absolute Gasteiger partial charge is 0.417 e. The van der Waals surface area contributed by atoms with E-state index in [1.807, 2.05) is 47.0 Å². The monoisotopic (exact) mass is 592 g/mol. The van der Waals surface area contributed by atoms with Crippen molar-refractivity contribution in [1.29, 1.82) is 0 Å². The first-order valence-corrected chi connectivity index (χ1v) is 13.7. The van der Waals surface area contributed by atoms with Gasteiger partial charge in [-0.2, -0.15) is 13.2 Å². The van der Waals surface area contributed by atoms with E-state index in [4.69, 9.17) is 9.84 Å². The van der Waals surface area contributed by atoms with E-state index >= 15 is 0 Å². The van der Waals surface area contributed by atoms with Gasteiger partial charge < -0.3 is 25.4 Å². The number of nitrogens with zero attached hydrogens (tertiary/aromatic N) is 4. The van der Waals surface area contributed by atoms with Gasteiger partial charge in [-0.05, 0) is 24.1 Å². The number of carbonyl (C=O) groups is 2. The van der Waals surface area contributed by atoms with E-state index in [0.717, 1.165) is 29.9 Å². The summed E-state index contributed by atoms with van der Waals surface area (Å²) in [6.07, 6.45) is -1.73. The molecule has 222 valence electrons. The number of alkyl halides is 3. The van der Waals surface area contributed by atoms with E-state index in [1.54, 1.807) is 11.2 Å². The molecule has 4 aromatic rings. The summed E-state index contributed by atoms with van der Waals surface area (Å²) < 4.78 is 47.9. The van der Waals surface area contributed by atoms with Crippen molar-refractivity contribution in [3.05, 3.63) is 89.5 Å². The fourth-order valence-corrected chi connectivity index (χ4v) is 5.42. The van der Waals surface area contributed by atoms with Gasteiger partial charge in [-0.3, -0.25) is 9.36 Å². The highest BCUT2D eigenvalue weighted by molar-refractivity contribution is 5.99. The number of amides is 1. The molecule has 6 rings (SSSR count). The van der Waals surface area contributed by atoms with Crippen molar-refractivity contribution in [2.75, 3.05) is 38.1 Å². The van der Waals surface area contributed by atoms with Crippen LogP contribution in [0.4, 0.5) is 18.9 Å². The molecule has 2 aromatic heterocycles. The maximum atomic E-state index is 14.1. The third kappa shape index (κ3) is 5.63. The molecule has 2 aliphatic heterocycles.